The van der Waals surface area contributed by atoms with Gasteiger partial charge in [0.05, 0.1) is 24.8 Å². The minimum Gasteiger partial charge on any atom is -0.497 e. The fourth-order valence-electron chi connectivity index (χ4n) is 4.30. The van der Waals surface area contributed by atoms with Gasteiger partial charge in [-0.1, -0.05) is 26.0 Å². The molecule has 11 heteroatoms. The minimum absolute atomic E-state index is 0.0507. The van der Waals surface area contributed by atoms with Crippen molar-refractivity contribution in [3.8, 4) is 11.5 Å². The molecule has 0 aliphatic heterocycles. The first kappa shape index (κ1) is 32.4. The molecule has 0 spiro atoms. The van der Waals surface area contributed by atoms with Crippen LogP contribution >= 0.6 is 0 Å². The first-order chi connectivity index (χ1) is 20.0. The number of sulfonamides is 1. The Bertz CT molecular complexity index is 1430. The van der Waals surface area contributed by atoms with Crippen molar-refractivity contribution in [3.63, 3.8) is 0 Å². The van der Waals surface area contributed by atoms with E-state index in [1.807, 2.05) is 13.8 Å². The fourth-order valence-corrected chi connectivity index (χ4v) is 5.71. The van der Waals surface area contributed by atoms with Gasteiger partial charge in [-0.15, -0.1) is 0 Å². The highest BCUT2D eigenvalue weighted by molar-refractivity contribution is 7.92. The van der Waals surface area contributed by atoms with Crippen LogP contribution in [-0.4, -0.2) is 58.0 Å². The zero-order valence-electron chi connectivity index (χ0n) is 24.5. The van der Waals surface area contributed by atoms with Crippen LogP contribution in [0.2, 0.25) is 0 Å². The van der Waals surface area contributed by atoms with Crippen LogP contribution < -0.4 is 19.1 Å². The Hall–Kier alpha value is -4.12. The van der Waals surface area contributed by atoms with E-state index in [1.54, 1.807) is 38.3 Å². The average Bonchev–Trinajstić information content (AvgIpc) is 3.00. The van der Waals surface area contributed by atoms with Gasteiger partial charge in [0, 0.05) is 12.6 Å². The third-order valence-electron chi connectivity index (χ3n) is 6.94. The largest absolute Gasteiger partial charge is 0.497 e. The van der Waals surface area contributed by atoms with Crippen molar-refractivity contribution in [2.75, 3.05) is 25.1 Å². The number of benzene rings is 3. The Morgan fingerprint density at radius 2 is 1.40 bits per heavy atom. The second kappa shape index (κ2) is 14.7. The van der Waals surface area contributed by atoms with E-state index in [-0.39, 0.29) is 29.1 Å². The molecule has 0 fully saturated rings. The van der Waals surface area contributed by atoms with E-state index in [2.05, 4.69) is 5.32 Å². The lowest BCUT2D eigenvalue weighted by molar-refractivity contribution is -0.140. The van der Waals surface area contributed by atoms with Gasteiger partial charge in [0.2, 0.25) is 11.8 Å². The van der Waals surface area contributed by atoms with Gasteiger partial charge in [-0.25, -0.2) is 12.8 Å². The summed E-state index contributed by atoms with van der Waals surface area (Å²) >= 11 is 0. The summed E-state index contributed by atoms with van der Waals surface area (Å²) in [5.74, 6) is -0.396. The number of halogens is 1. The zero-order chi connectivity index (χ0) is 30.9. The van der Waals surface area contributed by atoms with E-state index in [0.717, 1.165) is 22.0 Å². The van der Waals surface area contributed by atoms with E-state index in [9.17, 15) is 22.4 Å². The predicted octanol–water partition coefficient (Wildman–Crippen LogP) is 4.76. The number of carbonyl (C=O) groups excluding carboxylic acids is 2. The first-order valence-corrected chi connectivity index (χ1v) is 15.1. The van der Waals surface area contributed by atoms with Crippen molar-refractivity contribution in [1.82, 2.24) is 10.2 Å². The summed E-state index contributed by atoms with van der Waals surface area (Å²) in [5.41, 5.74) is 0.826. The number of nitrogens with zero attached hydrogens (tertiary/aromatic N) is 2. The van der Waals surface area contributed by atoms with E-state index in [4.69, 9.17) is 9.47 Å². The maximum Gasteiger partial charge on any atom is 0.264 e. The summed E-state index contributed by atoms with van der Waals surface area (Å²) in [5, 5.41) is 2.94. The molecule has 3 rings (SSSR count). The van der Waals surface area contributed by atoms with Crippen LogP contribution in [0, 0.1) is 5.82 Å². The number of anilines is 1. The van der Waals surface area contributed by atoms with Crippen LogP contribution in [0.3, 0.4) is 0 Å². The van der Waals surface area contributed by atoms with Gasteiger partial charge < -0.3 is 19.7 Å². The molecule has 0 heterocycles. The van der Waals surface area contributed by atoms with E-state index in [0.29, 0.717) is 24.3 Å². The number of nitrogens with one attached hydrogen (secondary N) is 1. The molecule has 0 aromatic heterocycles. The average molecular weight is 600 g/mol. The maximum absolute atomic E-state index is 14.1. The lowest BCUT2D eigenvalue weighted by atomic mass is 10.1. The molecule has 2 amide bonds. The van der Waals surface area contributed by atoms with Crippen molar-refractivity contribution < 1.29 is 31.9 Å². The van der Waals surface area contributed by atoms with E-state index < -0.39 is 34.3 Å². The number of methoxy groups -OCH3 is 2. The first-order valence-electron chi connectivity index (χ1n) is 13.7. The van der Waals surface area contributed by atoms with Crippen LogP contribution in [-0.2, 0) is 26.2 Å². The van der Waals surface area contributed by atoms with Gasteiger partial charge in [-0.2, -0.15) is 0 Å². The molecule has 9 nitrogen and oxygen atoms in total. The predicted molar refractivity (Wildman–Crippen MR) is 159 cm³/mol. The smallest absolute Gasteiger partial charge is 0.264 e. The van der Waals surface area contributed by atoms with Crippen LogP contribution in [0.5, 0.6) is 11.5 Å². The summed E-state index contributed by atoms with van der Waals surface area (Å²) in [7, 11) is -1.28. The normalized spacial score (nSPS) is 12.6. The number of rotatable bonds is 14. The second-order valence-electron chi connectivity index (χ2n) is 9.78. The zero-order valence-corrected chi connectivity index (χ0v) is 25.4. The minimum atomic E-state index is -4.29. The van der Waals surface area contributed by atoms with Gasteiger partial charge in [0.1, 0.15) is 29.9 Å². The molecule has 3 aromatic rings. The van der Waals surface area contributed by atoms with Crippen LogP contribution in [0.15, 0.2) is 77.7 Å². The maximum atomic E-state index is 14.1. The molecule has 0 saturated heterocycles. The molecular weight excluding hydrogens is 561 g/mol. The van der Waals surface area contributed by atoms with Crippen molar-refractivity contribution in [3.05, 3.63) is 84.2 Å². The third kappa shape index (κ3) is 8.00. The monoisotopic (exact) mass is 599 g/mol. The number of amides is 2. The Morgan fingerprint density at radius 3 is 1.90 bits per heavy atom. The lowest BCUT2D eigenvalue weighted by Crippen LogP contribution is -2.53. The standard InChI is InChI=1S/C31H38FN3O6S/c1-6-22(3)33-31(37)29(7-2)34(20-23-8-14-26(40-4)15-9-23)30(36)21-35(25-12-10-24(32)11-13-25)42(38,39)28-18-16-27(41-5)17-19-28/h8-19,22,29H,6-7,20-21H2,1-5H3,(H,33,37)/t22-,29-/m1/s1. The number of hydrogen-bond donors (Lipinski definition) is 1. The van der Waals surface area contributed by atoms with Gasteiger partial charge in [-0.3, -0.25) is 13.9 Å². The summed E-state index contributed by atoms with van der Waals surface area (Å²) < 4.78 is 52.9. The summed E-state index contributed by atoms with van der Waals surface area (Å²) in [6, 6.07) is 16.7. The molecule has 1 N–H and O–H groups in total. The third-order valence-corrected chi connectivity index (χ3v) is 8.73. The Labute approximate surface area is 247 Å². The highest BCUT2D eigenvalue weighted by Gasteiger charge is 2.34. The molecule has 0 aliphatic carbocycles. The molecule has 3 aromatic carbocycles. The van der Waals surface area contributed by atoms with Crippen molar-refractivity contribution in [2.24, 2.45) is 0 Å². The highest BCUT2D eigenvalue weighted by atomic mass is 32.2. The van der Waals surface area contributed by atoms with Crippen molar-refractivity contribution in [1.29, 1.82) is 0 Å². The van der Waals surface area contributed by atoms with Crippen molar-refractivity contribution >= 4 is 27.5 Å². The van der Waals surface area contributed by atoms with Gasteiger partial charge >= 0.3 is 0 Å². The molecule has 226 valence electrons. The van der Waals surface area contributed by atoms with Crippen LogP contribution in [0.4, 0.5) is 10.1 Å². The quantitative estimate of drug-likeness (QED) is 0.287. The molecule has 0 bridgehead atoms. The van der Waals surface area contributed by atoms with Gasteiger partial charge in [0.25, 0.3) is 10.0 Å². The van der Waals surface area contributed by atoms with Gasteiger partial charge in [0.15, 0.2) is 0 Å². The Morgan fingerprint density at radius 1 is 0.857 bits per heavy atom. The molecule has 0 unspecified atom stereocenters. The molecule has 0 saturated carbocycles. The molecule has 2 atom stereocenters. The van der Waals surface area contributed by atoms with Crippen LogP contribution in [0.25, 0.3) is 0 Å². The molecular formula is C31H38FN3O6S. The number of hydrogen-bond acceptors (Lipinski definition) is 6. The van der Waals surface area contributed by atoms with E-state index in [1.165, 1.54) is 48.4 Å². The molecule has 0 radical (unpaired) electrons. The number of ether oxygens (including phenoxy) is 2. The summed E-state index contributed by atoms with van der Waals surface area (Å²) in [4.78, 5) is 28.7. The highest BCUT2D eigenvalue weighted by Crippen LogP contribution is 2.26. The van der Waals surface area contributed by atoms with Gasteiger partial charge in [-0.05, 0) is 86.0 Å². The number of carbonyl (C=O) groups is 2. The summed E-state index contributed by atoms with van der Waals surface area (Å²) in [6.07, 6.45) is 0.999. The van der Waals surface area contributed by atoms with E-state index >= 15 is 0 Å². The lowest BCUT2D eigenvalue weighted by Gasteiger charge is -2.33. The fraction of sp³-hybridized carbons (Fsp3) is 0.355. The molecule has 42 heavy (non-hydrogen) atoms. The Balaban J connectivity index is 2.05. The van der Waals surface area contributed by atoms with Crippen LogP contribution in [0.1, 0.15) is 39.2 Å². The second-order valence-corrected chi connectivity index (χ2v) is 11.6. The Kier molecular flexibility index (Phi) is 11.3. The topological polar surface area (TPSA) is 105 Å². The SMILES string of the molecule is CC[C@@H](C)NC(=O)[C@@H](CC)N(Cc1ccc(OC)cc1)C(=O)CN(c1ccc(F)cc1)S(=O)(=O)c1ccc(OC)cc1. The van der Waals surface area contributed by atoms with Crippen molar-refractivity contribution in [2.45, 2.75) is 57.1 Å². The summed E-state index contributed by atoms with van der Waals surface area (Å²) in [6.45, 7) is 5.04. The molecule has 0 aliphatic rings.